The minimum atomic E-state index is 0. The van der Waals surface area contributed by atoms with Crippen LogP contribution in [-0.4, -0.2) is 6.26 Å². The maximum atomic E-state index is 5.65. The lowest BCUT2D eigenvalue weighted by Crippen LogP contribution is -1.76. The van der Waals surface area contributed by atoms with Crippen molar-refractivity contribution in [3.8, 4) is 0 Å². The third kappa shape index (κ3) is 3.17. The van der Waals surface area contributed by atoms with Gasteiger partial charge in [-0.2, -0.15) is 0 Å². The van der Waals surface area contributed by atoms with Crippen molar-refractivity contribution < 1.29 is 0 Å². The average molecular weight is 189 g/mol. The zero-order valence-corrected chi connectivity index (χ0v) is 7.38. The highest BCUT2D eigenvalue weighted by Gasteiger charge is 1.90. The normalized spacial score (nSPS) is 8.91. The minimum absolute atomic E-state index is 0. The number of rotatable bonds is 2. The summed E-state index contributed by atoms with van der Waals surface area (Å²) < 4.78 is 0. The van der Waals surface area contributed by atoms with Crippen LogP contribution in [-0.2, 0) is 5.88 Å². The molecule has 62 valence electrons. The largest absolute Gasteiger partial charge is 0.130 e. The molecule has 0 bridgehead atoms. The molecule has 0 spiro atoms. The standard InChI is InChI=1S/C8H9ClS.CH4/c1-10-8-4-2-3-7(5-8)6-9;/h2-5H,6H2,1H3;1H4. The van der Waals surface area contributed by atoms with Gasteiger partial charge in [0.15, 0.2) is 0 Å². The molecule has 11 heavy (non-hydrogen) atoms. The van der Waals surface area contributed by atoms with Crippen LogP contribution in [0.4, 0.5) is 0 Å². The Labute approximate surface area is 78.0 Å². The molecule has 0 radical (unpaired) electrons. The van der Waals surface area contributed by atoms with E-state index in [0.29, 0.717) is 5.88 Å². The lowest BCUT2D eigenvalue weighted by Gasteiger charge is -1.97. The molecule has 0 aliphatic carbocycles. The molecule has 0 unspecified atom stereocenters. The van der Waals surface area contributed by atoms with Crippen molar-refractivity contribution in [1.82, 2.24) is 0 Å². The Balaban J connectivity index is 0.000001000. The van der Waals surface area contributed by atoms with Crippen LogP contribution in [0.15, 0.2) is 29.2 Å². The second-order valence-corrected chi connectivity index (χ2v) is 3.13. The molecule has 0 fully saturated rings. The van der Waals surface area contributed by atoms with E-state index in [9.17, 15) is 0 Å². The lowest BCUT2D eigenvalue weighted by molar-refractivity contribution is 1.33. The monoisotopic (exact) mass is 188 g/mol. The van der Waals surface area contributed by atoms with Crippen molar-refractivity contribution in [2.75, 3.05) is 6.26 Å². The molecular formula is C9H13ClS. The van der Waals surface area contributed by atoms with Gasteiger partial charge in [-0.1, -0.05) is 19.6 Å². The zero-order chi connectivity index (χ0) is 7.40. The van der Waals surface area contributed by atoms with Crippen LogP contribution in [0.5, 0.6) is 0 Å². The topological polar surface area (TPSA) is 0 Å². The maximum absolute atomic E-state index is 5.65. The van der Waals surface area contributed by atoms with Crippen molar-refractivity contribution in [3.63, 3.8) is 0 Å². The van der Waals surface area contributed by atoms with E-state index >= 15 is 0 Å². The van der Waals surface area contributed by atoms with E-state index in [0.717, 1.165) is 0 Å². The van der Waals surface area contributed by atoms with Gasteiger partial charge in [-0.05, 0) is 24.0 Å². The third-order valence-corrected chi connectivity index (χ3v) is 2.32. The number of hydrogen-bond acceptors (Lipinski definition) is 1. The van der Waals surface area contributed by atoms with Gasteiger partial charge in [-0.15, -0.1) is 23.4 Å². The Kier molecular flexibility index (Phi) is 5.43. The van der Waals surface area contributed by atoms with Gasteiger partial charge in [-0.3, -0.25) is 0 Å². The first-order chi connectivity index (χ1) is 4.86. The van der Waals surface area contributed by atoms with Gasteiger partial charge >= 0.3 is 0 Å². The zero-order valence-electron chi connectivity index (χ0n) is 5.80. The van der Waals surface area contributed by atoms with Crippen molar-refractivity contribution >= 4 is 23.4 Å². The summed E-state index contributed by atoms with van der Waals surface area (Å²) in [6.45, 7) is 0. The van der Waals surface area contributed by atoms with E-state index in [2.05, 4.69) is 18.4 Å². The van der Waals surface area contributed by atoms with Gasteiger partial charge in [-0.25, -0.2) is 0 Å². The molecule has 0 N–H and O–H groups in total. The molecule has 0 aliphatic rings. The Bertz CT molecular complexity index is 191. The SMILES string of the molecule is C.CSc1cccc(CCl)c1. The van der Waals surface area contributed by atoms with E-state index in [1.807, 2.05) is 12.1 Å². The smallest absolute Gasteiger partial charge is 0.0474 e. The summed E-state index contributed by atoms with van der Waals surface area (Å²) in [5.41, 5.74) is 1.19. The van der Waals surface area contributed by atoms with Crippen LogP contribution in [0.2, 0.25) is 0 Å². The second-order valence-electron chi connectivity index (χ2n) is 1.99. The Hall–Kier alpha value is -0.140. The van der Waals surface area contributed by atoms with Gasteiger partial charge in [0, 0.05) is 10.8 Å². The number of benzene rings is 1. The molecule has 0 heterocycles. The fourth-order valence-electron chi connectivity index (χ4n) is 0.756. The number of alkyl halides is 1. The summed E-state index contributed by atoms with van der Waals surface area (Å²) >= 11 is 7.39. The molecule has 0 nitrogen and oxygen atoms in total. The van der Waals surface area contributed by atoms with Crippen LogP contribution < -0.4 is 0 Å². The van der Waals surface area contributed by atoms with Gasteiger partial charge in [0.2, 0.25) is 0 Å². The Morgan fingerprint density at radius 3 is 2.73 bits per heavy atom. The van der Waals surface area contributed by atoms with Crippen molar-refractivity contribution in [1.29, 1.82) is 0 Å². The molecule has 0 atom stereocenters. The highest BCUT2D eigenvalue weighted by atomic mass is 35.5. The summed E-state index contributed by atoms with van der Waals surface area (Å²) in [6.07, 6.45) is 2.06. The predicted octanol–water partition coefficient (Wildman–Crippen LogP) is 3.78. The fraction of sp³-hybridized carbons (Fsp3) is 0.333. The molecule has 0 saturated heterocycles. The quantitative estimate of drug-likeness (QED) is 0.503. The molecule has 1 aromatic rings. The van der Waals surface area contributed by atoms with Crippen molar-refractivity contribution in [3.05, 3.63) is 29.8 Å². The molecule has 1 rings (SSSR count). The molecular weight excluding hydrogens is 176 g/mol. The van der Waals surface area contributed by atoms with E-state index in [1.165, 1.54) is 10.5 Å². The summed E-state index contributed by atoms with van der Waals surface area (Å²) in [5.74, 6) is 0.606. The number of thioether (sulfide) groups is 1. The Morgan fingerprint density at radius 1 is 1.45 bits per heavy atom. The third-order valence-electron chi connectivity index (χ3n) is 1.29. The van der Waals surface area contributed by atoms with Crippen molar-refractivity contribution in [2.45, 2.75) is 18.2 Å². The maximum Gasteiger partial charge on any atom is 0.0474 e. The highest BCUT2D eigenvalue weighted by Crippen LogP contribution is 2.16. The number of hydrogen-bond donors (Lipinski definition) is 0. The fourth-order valence-corrected chi connectivity index (χ4v) is 1.41. The van der Waals surface area contributed by atoms with Gasteiger partial charge < -0.3 is 0 Å². The van der Waals surface area contributed by atoms with Crippen LogP contribution in [0.1, 0.15) is 13.0 Å². The predicted molar refractivity (Wildman–Crippen MR) is 54.5 cm³/mol. The molecule has 2 heteroatoms. The van der Waals surface area contributed by atoms with Crippen LogP contribution >= 0.6 is 23.4 Å². The summed E-state index contributed by atoms with van der Waals surface area (Å²) in [5, 5.41) is 0. The molecule has 1 aromatic carbocycles. The van der Waals surface area contributed by atoms with Gasteiger partial charge in [0.25, 0.3) is 0 Å². The second kappa shape index (κ2) is 5.50. The average Bonchev–Trinajstić information content (AvgIpc) is 2.05. The number of halogens is 1. The van der Waals surface area contributed by atoms with E-state index in [-0.39, 0.29) is 7.43 Å². The highest BCUT2D eigenvalue weighted by molar-refractivity contribution is 7.98. The van der Waals surface area contributed by atoms with Crippen LogP contribution in [0.3, 0.4) is 0 Å². The van der Waals surface area contributed by atoms with E-state index in [4.69, 9.17) is 11.6 Å². The van der Waals surface area contributed by atoms with Gasteiger partial charge in [0.1, 0.15) is 0 Å². The Morgan fingerprint density at radius 2 is 2.18 bits per heavy atom. The summed E-state index contributed by atoms with van der Waals surface area (Å²) in [7, 11) is 0. The molecule has 0 amide bonds. The summed E-state index contributed by atoms with van der Waals surface area (Å²) in [4.78, 5) is 1.28. The van der Waals surface area contributed by atoms with Crippen LogP contribution in [0, 0.1) is 0 Å². The minimum Gasteiger partial charge on any atom is -0.130 e. The first-order valence-corrected chi connectivity index (χ1v) is 4.81. The van der Waals surface area contributed by atoms with E-state index < -0.39 is 0 Å². The van der Waals surface area contributed by atoms with Gasteiger partial charge in [0.05, 0.1) is 0 Å². The van der Waals surface area contributed by atoms with Crippen LogP contribution in [0.25, 0.3) is 0 Å². The van der Waals surface area contributed by atoms with E-state index in [1.54, 1.807) is 11.8 Å². The first kappa shape index (κ1) is 10.9. The van der Waals surface area contributed by atoms with Crippen molar-refractivity contribution in [2.24, 2.45) is 0 Å². The molecule has 0 aliphatic heterocycles. The molecule has 0 aromatic heterocycles. The lowest BCUT2D eigenvalue weighted by atomic mass is 10.2. The first-order valence-electron chi connectivity index (χ1n) is 3.05. The molecule has 0 saturated carbocycles. The summed E-state index contributed by atoms with van der Waals surface area (Å²) in [6, 6.07) is 8.26.